The summed E-state index contributed by atoms with van der Waals surface area (Å²) in [6.07, 6.45) is 2.38. The predicted molar refractivity (Wildman–Crippen MR) is 50.6 cm³/mol. The van der Waals surface area contributed by atoms with Gasteiger partial charge in [-0.2, -0.15) is 5.10 Å². The van der Waals surface area contributed by atoms with E-state index >= 15 is 0 Å². The number of ether oxygens (including phenoxy) is 1. The van der Waals surface area contributed by atoms with Gasteiger partial charge in [0.05, 0.1) is 12.3 Å². The van der Waals surface area contributed by atoms with Crippen molar-refractivity contribution in [1.82, 2.24) is 9.78 Å². The fraction of sp³-hybridized carbons (Fsp3) is 0.700. The van der Waals surface area contributed by atoms with Gasteiger partial charge in [0.1, 0.15) is 6.10 Å². The van der Waals surface area contributed by atoms with Crippen LogP contribution in [0.2, 0.25) is 0 Å². The van der Waals surface area contributed by atoms with Crippen LogP contribution >= 0.6 is 0 Å². The molecule has 0 saturated carbocycles. The number of rotatable bonds is 1. The molecule has 0 radical (unpaired) electrons. The second-order valence-electron chi connectivity index (χ2n) is 4.68. The smallest absolute Gasteiger partial charge is 0.109 e. The first-order valence-electron chi connectivity index (χ1n) is 4.64. The Labute approximate surface area is 78.7 Å². The molecule has 0 bridgehead atoms. The summed E-state index contributed by atoms with van der Waals surface area (Å²) < 4.78 is 7.16. The van der Waals surface area contributed by atoms with Crippen LogP contribution in [0.25, 0.3) is 0 Å². The third-order valence-corrected chi connectivity index (χ3v) is 2.25. The van der Waals surface area contributed by atoms with Crippen molar-refractivity contribution in [3.8, 4) is 0 Å². The van der Waals surface area contributed by atoms with Gasteiger partial charge in [-0.15, -0.1) is 0 Å². The zero-order valence-corrected chi connectivity index (χ0v) is 8.66. The summed E-state index contributed by atoms with van der Waals surface area (Å²) in [7, 11) is 1.96. The molecule has 1 aromatic rings. The van der Waals surface area contributed by atoms with Gasteiger partial charge < -0.3 is 4.74 Å². The van der Waals surface area contributed by atoms with Gasteiger partial charge in [0.25, 0.3) is 0 Å². The van der Waals surface area contributed by atoms with Gasteiger partial charge >= 0.3 is 0 Å². The van der Waals surface area contributed by atoms with Gasteiger partial charge in [-0.3, -0.25) is 4.68 Å². The minimum absolute atomic E-state index is 0.114. The molecule has 0 aromatic carbocycles. The van der Waals surface area contributed by atoms with Gasteiger partial charge in [-0.05, 0) is 0 Å². The Morgan fingerprint density at radius 3 is 2.62 bits per heavy atom. The van der Waals surface area contributed by atoms with E-state index in [1.54, 1.807) is 0 Å². The number of aromatic nitrogens is 2. The molecular weight excluding hydrogens is 164 g/mol. The molecule has 1 aliphatic heterocycles. The molecule has 2 heterocycles. The Morgan fingerprint density at radius 2 is 2.15 bits per heavy atom. The fourth-order valence-corrected chi connectivity index (χ4v) is 1.55. The van der Waals surface area contributed by atoms with Crippen LogP contribution in [0.5, 0.6) is 0 Å². The summed E-state index contributed by atoms with van der Waals surface area (Å²) in [6, 6.07) is 0. The SMILES string of the molecule is Cn1cc(C2CO2)c(C(C)(C)C)n1. The lowest BCUT2D eigenvalue weighted by Gasteiger charge is -2.16. The molecule has 1 aromatic heterocycles. The van der Waals surface area contributed by atoms with E-state index in [0.717, 1.165) is 12.3 Å². The average Bonchev–Trinajstić information content (AvgIpc) is 2.73. The lowest BCUT2D eigenvalue weighted by atomic mass is 9.89. The summed E-state index contributed by atoms with van der Waals surface area (Å²) in [5.74, 6) is 0. The third-order valence-electron chi connectivity index (χ3n) is 2.25. The minimum Gasteiger partial charge on any atom is -0.368 e. The molecule has 0 amide bonds. The highest BCUT2D eigenvalue weighted by Crippen LogP contribution is 2.36. The van der Waals surface area contributed by atoms with Crippen molar-refractivity contribution in [2.24, 2.45) is 7.05 Å². The highest BCUT2D eigenvalue weighted by atomic mass is 16.6. The van der Waals surface area contributed by atoms with Gasteiger partial charge in [-0.25, -0.2) is 0 Å². The number of aryl methyl sites for hydroxylation is 1. The molecule has 13 heavy (non-hydrogen) atoms. The van der Waals surface area contributed by atoms with E-state index in [-0.39, 0.29) is 5.41 Å². The van der Waals surface area contributed by atoms with E-state index in [1.807, 2.05) is 11.7 Å². The molecule has 72 valence electrons. The summed E-state index contributed by atoms with van der Waals surface area (Å²) in [4.78, 5) is 0. The lowest BCUT2D eigenvalue weighted by molar-refractivity contribution is 0.410. The quantitative estimate of drug-likeness (QED) is 0.617. The topological polar surface area (TPSA) is 30.4 Å². The molecule has 0 aliphatic carbocycles. The van der Waals surface area contributed by atoms with E-state index in [1.165, 1.54) is 5.56 Å². The van der Waals surface area contributed by atoms with Crippen molar-refractivity contribution in [3.05, 3.63) is 17.5 Å². The first kappa shape index (κ1) is 8.75. The summed E-state index contributed by atoms with van der Waals surface area (Å²) in [5.41, 5.74) is 2.54. The molecule has 1 unspecified atom stereocenters. The largest absolute Gasteiger partial charge is 0.368 e. The standard InChI is InChI=1S/C10H16N2O/c1-10(2,3)9-7(8-6-13-8)5-12(4)11-9/h5,8H,6H2,1-4H3. The number of hydrogen-bond donors (Lipinski definition) is 0. The van der Waals surface area contributed by atoms with Crippen LogP contribution in [-0.4, -0.2) is 16.4 Å². The molecule has 1 atom stereocenters. The Hall–Kier alpha value is -0.830. The number of hydrogen-bond acceptors (Lipinski definition) is 2. The molecular formula is C10H16N2O. The highest BCUT2D eigenvalue weighted by molar-refractivity contribution is 5.28. The molecule has 1 aliphatic rings. The first-order valence-corrected chi connectivity index (χ1v) is 4.64. The minimum atomic E-state index is 0.114. The summed E-state index contributed by atoms with van der Waals surface area (Å²) in [5, 5.41) is 4.48. The Kier molecular flexibility index (Phi) is 1.74. The van der Waals surface area contributed by atoms with E-state index in [0.29, 0.717) is 6.10 Å². The van der Waals surface area contributed by atoms with E-state index in [4.69, 9.17) is 4.74 Å². The van der Waals surface area contributed by atoms with E-state index in [2.05, 4.69) is 32.1 Å². The van der Waals surface area contributed by atoms with Gasteiger partial charge in [0, 0.05) is 24.2 Å². The van der Waals surface area contributed by atoms with Crippen LogP contribution in [0.1, 0.15) is 38.1 Å². The summed E-state index contributed by atoms with van der Waals surface area (Å²) in [6.45, 7) is 7.40. The van der Waals surface area contributed by atoms with Crippen LogP contribution in [0, 0.1) is 0 Å². The van der Waals surface area contributed by atoms with Crippen molar-refractivity contribution in [1.29, 1.82) is 0 Å². The fourth-order valence-electron chi connectivity index (χ4n) is 1.55. The van der Waals surface area contributed by atoms with Crippen molar-refractivity contribution in [2.45, 2.75) is 32.3 Å². The van der Waals surface area contributed by atoms with Crippen molar-refractivity contribution in [2.75, 3.05) is 6.61 Å². The molecule has 1 fully saturated rings. The highest BCUT2D eigenvalue weighted by Gasteiger charge is 2.33. The van der Waals surface area contributed by atoms with Crippen molar-refractivity contribution >= 4 is 0 Å². The Bertz CT molecular complexity index is 318. The Morgan fingerprint density at radius 1 is 1.54 bits per heavy atom. The maximum absolute atomic E-state index is 5.29. The van der Waals surface area contributed by atoms with Crippen molar-refractivity contribution < 1.29 is 4.74 Å². The molecule has 0 spiro atoms. The lowest BCUT2D eigenvalue weighted by Crippen LogP contribution is -2.14. The normalized spacial score (nSPS) is 22.0. The van der Waals surface area contributed by atoms with Crippen LogP contribution in [0.3, 0.4) is 0 Å². The molecule has 2 rings (SSSR count). The zero-order chi connectivity index (χ0) is 9.64. The predicted octanol–water partition coefficient (Wildman–Crippen LogP) is 1.79. The molecule has 3 heteroatoms. The zero-order valence-electron chi connectivity index (χ0n) is 8.66. The van der Waals surface area contributed by atoms with E-state index in [9.17, 15) is 0 Å². The molecule has 3 nitrogen and oxygen atoms in total. The monoisotopic (exact) mass is 180 g/mol. The van der Waals surface area contributed by atoms with Gasteiger partial charge in [0.15, 0.2) is 0 Å². The van der Waals surface area contributed by atoms with Crippen LogP contribution in [-0.2, 0) is 17.2 Å². The van der Waals surface area contributed by atoms with Gasteiger partial charge in [-0.1, -0.05) is 20.8 Å². The maximum Gasteiger partial charge on any atom is 0.109 e. The molecule has 1 saturated heterocycles. The second kappa shape index (κ2) is 2.58. The van der Waals surface area contributed by atoms with Gasteiger partial charge in [0.2, 0.25) is 0 Å². The van der Waals surface area contributed by atoms with Crippen LogP contribution in [0.4, 0.5) is 0 Å². The third kappa shape index (κ3) is 1.61. The van der Waals surface area contributed by atoms with E-state index < -0.39 is 0 Å². The Balaban J connectivity index is 2.42. The average molecular weight is 180 g/mol. The molecule has 0 N–H and O–H groups in total. The number of nitrogens with zero attached hydrogens (tertiary/aromatic N) is 2. The second-order valence-corrected chi connectivity index (χ2v) is 4.68. The van der Waals surface area contributed by atoms with Crippen LogP contribution in [0.15, 0.2) is 6.20 Å². The first-order chi connectivity index (χ1) is 5.98. The summed E-state index contributed by atoms with van der Waals surface area (Å²) >= 11 is 0. The van der Waals surface area contributed by atoms with Crippen LogP contribution < -0.4 is 0 Å². The number of epoxide rings is 1. The van der Waals surface area contributed by atoms with Crippen molar-refractivity contribution in [3.63, 3.8) is 0 Å². The maximum atomic E-state index is 5.29.